The zero-order valence-electron chi connectivity index (χ0n) is 15.5. The largest absolute Gasteiger partial charge is 0.481 e. The van der Waals surface area contributed by atoms with Gasteiger partial charge < -0.3 is 14.7 Å². The zero-order chi connectivity index (χ0) is 18.9. The van der Waals surface area contributed by atoms with Gasteiger partial charge in [0.25, 0.3) is 0 Å². The van der Waals surface area contributed by atoms with Crippen molar-refractivity contribution in [3.8, 4) is 0 Å². The van der Waals surface area contributed by atoms with Crippen LogP contribution >= 0.6 is 0 Å². The number of carbonyl (C=O) groups is 2. The predicted molar refractivity (Wildman–Crippen MR) is 102 cm³/mol. The van der Waals surface area contributed by atoms with E-state index in [1.165, 1.54) is 0 Å². The minimum absolute atomic E-state index is 0.0510. The van der Waals surface area contributed by atoms with Gasteiger partial charge in [0.15, 0.2) is 0 Å². The summed E-state index contributed by atoms with van der Waals surface area (Å²) in [6.07, 6.45) is 0.968. The molecule has 2 aromatic carbocycles. The van der Waals surface area contributed by atoms with Crippen molar-refractivity contribution in [2.24, 2.45) is 5.92 Å². The van der Waals surface area contributed by atoms with Gasteiger partial charge in [0.1, 0.15) is 0 Å². The molecule has 0 heterocycles. The average Bonchev–Trinajstić information content (AvgIpc) is 2.63. The Bertz CT molecular complexity index is 744. The van der Waals surface area contributed by atoms with Gasteiger partial charge in [0, 0.05) is 26.3 Å². The number of carbonyl (C=O) groups excluding carboxylic acids is 1. The quantitative estimate of drug-likeness (QED) is 0.662. The Morgan fingerprint density at radius 1 is 1.15 bits per heavy atom. The highest BCUT2D eigenvalue weighted by Crippen LogP contribution is 2.17. The second-order valence-corrected chi connectivity index (χ2v) is 6.49. The Kier molecular flexibility index (Phi) is 7.60. The Morgan fingerprint density at radius 2 is 1.88 bits per heavy atom. The molecule has 0 radical (unpaired) electrons. The first kappa shape index (κ1) is 19.9. The van der Waals surface area contributed by atoms with Crippen molar-refractivity contribution in [1.82, 2.24) is 4.90 Å². The maximum absolute atomic E-state index is 12.8. The number of fused-ring (bicyclic) bond motifs is 1. The molecule has 0 bridgehead atoms. The Labute approximate surface area is 154 Å². The topological polar surface area (TPSA) is 66.8 Å². The van der Waals surface area contributed by atoms with Crippen molar-refractivity contribution in [2.45, 2.75) is 26.7 Å². The standard InChI is InChI=1S/C21H27NO4/c1-3-26-12-6-11-22(15-16(2)21(24)25)20(23)14-17-9-10-18-7-4-5-8-19(18)13-17/h4-5,7-10,13,16H,3,6,11-12,14-15H2,1-2H3,(H,24,25). The highest BCUT2D eigenvalue weighted by Gasteiger charge is 2.20. The van der Waals surface area contributed by atoms with Crippen LogP contribution in [0.25, 0.3) is 10.8 Å². The van der Waals surface area contributed by atoms with Crippen molar-refractivity contribution in [3.63, 3.8) is 0 Å². The maximum Gasteiger partial charge on any atom is 0.308 e. The van der Waals surface area contributed by atoms with Crippen molar-refractivity contribution >= 4 is 22.6 Å². The van der Waals surface area contributed by atoms with Crippen molar-refractivity contribution < 1.29 is 19.4 Å². The van der Waals surface area contributed by atoms with Crippen LogP contribution in [-0.4, -0.2) is 48.2 Å². The molecule has 2 rings (SSSR count). The molecule has 0 spiro atoms. The van der Waals surface area contributed by atoms with E-state index in [1.54, 1.807) is 11.8 Å². The van der Waals surface area contributed by atoms with E-state index in [-0.39, 0.29) is 18.9 Å². The Hall–Kier alpha value is -2.40. The van der Waals surface area contributed by atoms with Gasteiger partial charge in [-0.3, -0.25) is 9.59 Å². The lowest BCUT2D eigenvalue weighted by Gasteiger charge is -2.25. The fourth-order valence-electron chi connectivity index (χ4n) is 2.86. The monoisotopic (exact) mass is 357 g/mol. The number of ether oxygens (including phenoxy) is 1. The van der Waals surface area contributed by atoms with Crippen LogP contribution in [0.3, 0.4) is 0 Å². The van der Waals surface area contributed by atoms with E-state index < -0.39 is 11.9 Å². The van der Waals surface area contributed by atoms with Crippen LogP contribution in [0.5, 0.6) is 0 Å². The summed E-state index contributed by atoms with van der Waals surface area (Å²) in [4.78, 5) is 25.6. The first-order valence-corrected chi connectivity index (χ1v) is 9.07. The van der Waals surface area contributed by atoms with E-state index in [2.05, 4.69) is 0 Å². The third-order valence-corrected chi connectivity index (χ3v) is 4.36. The third-order valence-electron chi connectivity index (χ3n) is 4.36. The molecule has 140 valence electrons. The van der Waals surface area contributed by atoms with Gasteiger partial charge in [-0.2, -0.15) is 0 Å². The number of benzene rings is 2. The molecule has 0 fully saturated rings. The van der Waals surface area contributed by atoms with Gasteiger partial charge in [-0.1, -0.05) is 49.4 Å². The van der Waals surface area contributed by atoms with Gasteiger partial charge in [0.2, 0.25) is 5.91 Å². The number of amides is 1. The first-order chi connectivity index (χ1) is 12.5. The number of hydrogen-bond donors (Lipinski definition) is 1. The minimum atomic E-state index is -0.890. The van der Waals surface area contributed by atoms with Crippen LogP contribution in [0.1, 0.15) is 25.8 Å². The van der Waals surface area contributed by atoms with Gasteiger partial charge in [-0.05, 0) is 29.7 Å². The lowest BCUT2D eigenvalue weighted by Crippen LogP contribution is -2.38. The third kappa shape index (κ3) is 5.85. The summed E-state index contributed by atoms with van der Waals surface area (Å²) < 4.78 is 5.33. The molecule has 0 aliphatic rings. The average molecular weight is 357 g/mol. The fourth-order valence-corrected chi connectivity index (χ4v) is 2.86. The lowest BCUT2D eigenvalue weighted by molar-refractivity contribution is -0.143. The van der Waals surface area contributed by atoms with Gasteiger partial charge in [-0.15, -0.1) is 0 Å². The SMILES string of the molecule is CCOCCCN(CC(C)C(=O)O)C(=O)Cc1ccc2ccccc2c1. The molecule has 1 N–H and O–H groups in total. The van der Waals surface area contributed by atoms with E-state index in [1.807, 2.05) is 49.4 Å². The molecule has 0 aromatic heterocycles. The summed E-state index contributed by atoms with van der Waals surface area (Å²) in [5, 5.41) is 11.4. The molecule has 5 heteroatoms. The summed E-state index contributed by atoms with van der Waals surface area (Å²) in [7, 11) is 0. The van der Waals surface area contributed by atoms with E-state index in [4.69, 9.17) is 9.84 Å². The molecule has 5 nitrogen and oxygen atoms in total. The summed E-state index contributed by atoms with van der Waals surface area (Å²) >= 11 is 0. The number of carboxylic acid groups (broad SMARTS) is 1. The first-order valence-electron chi connectivity index (χ1n) is 9.07. The fraction of sp³-hybridized carbons (Fsp3) is 0.429. The smallest absolute Gasteiger partial charge is 0.308 e. The lowest BCUT2D eigenvalue weighted by atomic mass is 10.0. The molecule has 1 amide bonds. The molecule has 0 saturated heterocycles. The van der Waals surface area contributed by atoms with Crippen LogP contribution in [0, 0.1) is 5.92 Å². The molecule has 0 saturated carbocycles. The highest BCUT2D eigenvalue weighted by atomic mass is 16.5. The second-order valence-electron chi connectivity index (χ2n) is 6.49. The normalized spacial score (nSPS) is 12.1. The summed E-state index contributed by atoms with van der Waals surface area (Å²) in [5.74, 6) is -1.54. The van der Waals surface area contributed by atoms with Crippen LogP contribution < -0.4 is 0 Å². The number of hydrogen-bond acceptors (Lipinski definition) is 3. The van der Waals surface area contributed by atoms with E-state index in [9.17, 15) is 9.59 Å². The molecule has 0 aliphatic heterocycles. The van der Waals surface area contributed by atoms with E-state index in [0.717, 1.165) is 16.3 Å². The summed E-state index contributed by atoms with van der Waals surface area (Å²) in [6.45, 7) is 5.47. The molecule has 1 atom stereocenters. The van der Waals surface area contributed by atoms with Crippen LogP contribution in [0.15, 0.2) is 42.5 Å². The maximum atomic E-state index is 12.8. The molecular weight excluding hydrogens is 330 g/mol. The predicted octanol–water partition coefficient (Wildman–Crippen LogP) is 3.36. The summed E-state index contributed by atoms with van der Waals surface area (Å²) in [5.41, 5.74) is 0.937. The van der Waals surface area contributed by atoms with Gasteiger partial charge in [-0.25, -0.2) is 0 Å². The number of nitrogens with zero attached hydrogens (tertiary/aromatic N) is 1. The molecular formula is C21H27NO4. The highest BCUT2D eigenvalue weighted by molar-refractivity contribution is 5.85. The minimum Gasteiger partial charge on any atom is -0.481 e. The van der Waals surface area contributed by atoms with Crippen LogP contribution in [-0.2, 0) is 20.7 Å². The van der Waals surface area contributed by atoms with E-state index >= 15 is 0 Å². The zero-order valence-corrected chi connectivity index (χ0v) is 15.5. The molecule has 2 aromatic rings. The van der Waals surface area contributed by atoms with Gasteiger partial charge >= 0.3 is 5.97 Å². The molecule has 1 unspecified atom stereocenters. The molecule has 0 aliphatic carbocycles. The number of aliphatic carboxylic acids is 1. The van der Waals surface area contributed by atoms with Crippen molar-refractivity contribution in [1.29, 1.82) is 0 Å². The second kappa shape index (κ2) is 9.92. The summed E-state index contributed by atoms with van der Waals surface area (Å²) in [6, 6.07) is 14.0. The van der Waals surface area contributed by atoms with Gasteiger partial charge in [0.05, 0.1) is 12.3 Å². The Morgan fingerprint density at radius 3 is 2.58 bits per heavy atom. The van der Waals surface area contributed by atoms with Crippen molar-refractivity contribution in [2.75, 3.05) is 26.3 Å². The van der Waals surface area contributed by atoms with Crippen molar-refractivity contribution in [3.05, 3.63) is 48.0 Å². The van der Waals surface area contributed by atoms with E-state index in [0.29, 0.717) is 26.2 Å². The van der Waals surface area contributed by atoms with Crippen LogP contribution in [0.4, 0.5) is 0 Å². The number of rotatable bonds is 10. The molecule has 26 heavy (non-hydrogen) atoms. The Balaban J connectivity index is 2.05. The number of carboxylic acids is 1. The van der Waals surface area contributed by atoms with Crippen LogP contribution in [0.2, 0.25) is 0 Å².